The predicted molar refractivity (Wildman–Crippen MR) is 91.0 cm³/mol. The molecule has 0 radical (unpaired) electrons. The highest BCUT2D eigenvalue weighted by Gasteiger charge is 2.31. The van der Waals surface area contributed by atoms with E-state index in [1.165, 1.54) is 51.6 Å². The molecular formula is C19H39N. The van der Waals surface area contributed by atoms with Crippen LogP contribution in [0.4, 0.5) is 0 Å². The van der Waals surface area contributed by atoms with Crippen LogP contribution >= 0.6 is 0 Å². The third kappa shape index (κ3) is 6.61. The van der Waals surface area contributed by atoms with Crippen LogP contribution in [0, 0.1) is 29.1 Å². The summed E-state index contributed by atoms with van der Waals surface area (Å²) >= 11 is 0. The quantitative estimate of drug-likeness (QED) is 0.607. The van der Waals surface area contributed by atoms with Crippen molar-refractivity contribution in [1.29, 1.82) is 0 Å². The third-order valence-corrected chi connectivity index (χ3v) is 5.22. The minimum absolute atomic E-state index is 0.492. The molecule has 0 saturated heterocycles. The Morgan fingerprint density at radius 2 is 1.80 bits per heavy atom. The van der Waals surface area contributed by atoms with Gasteiger partial charge in [-0.1, -0.05) is 41.5 Å². The summed E-state index contributed by atoms with van der Waals surface area (Å²) < 4.78 is 0. The zero-order valence-electron chi connectivity index (χ0n) is 15.0. The first-order valence-corrected chi connectivity index (χ1v) is 9.04. The Bertz CT molecular complexity index is 251. The molecule has 0 aromatic carbocycles. The molecular weight excluding hydrogens is 242 g/mol. The van der Waals surface area contributed by atoms with Crippen LogP contribution in [-0.2, 0) is 0 Å². The Balaban J connectivity index is 2.52. The molecule has 0 spiro atoms. The molecule has 1 N–H and O–H groups in total. The monoisotopic (exact) mass is 281 g/mol. The van der Waals surface area contributed by atoms with Crippen molar-refractivity contribution in [3.8, 4) is 0 Å². The number of hydrogen-bond donors (Lipinski definition) is 1. The van der Waals surface area contributed by atoms with E-state index >= 15 is 0 Å². The van der Waals surface area contributed by atoms with Crippen molar-refractivity contribution >= 4 is 0 Å². The van der Waals surface area contributed by atoms with Crippen LogP contribution in [0.5, 0.6) is 0 Å². The molecule has 1 fully saturated rings. The highest BCUT2D eigenvalue weighted by molar-refractivity contribution is 4.83. The Labute approximate surface area is 128 Å². The largest absolute Gasteiger partial charge is 0.316 e. The van der Waals surface area contributed by atoms with Crippen molar-refractivity contribution < 1.29 is 0 Å². The lowest BCUT2D eigenvalue weighted by Gasteiger charge is -2.39. The summed E-state index contributed by atoms with van der Waals surface area (Å²) in [6.45, 7) is 16.7. The summed E-state index contributed by atoms with van der Waals surface area (Å²) in [5.74, 6) is 3.73. The summed E-state index contributed by atoms with van der Waals surface area (Å²) in [7, 11) is 0. The van der Waals surface area contributed by atoms with Crippen LogP contribution in [0.1, 0.15) is 80.1 Å². The molecule has 0 bridgehead atoms. The maximum atomic E-state index is 3.68. The second kappa shape index (κ2) is 8.41. The summed E-state index contributed by atoms with van der Waals surface area (Å²) in [6, 6.07) is 0. The minimum Gasteiger partial charge on any atom is -0.316 e. The van der Waals surface area contributed by atoms with Gasteiger partial charge in [-0.2, -0.15) is 0 Å². The maximum absolute atomic E-state index is 3.68. The first-order chi connectivity index (χ1) is 9.33. The minimum atomic E-state index is 0.492. The van der Waals surface area contributed by atoms with Gasteiger partial charge in [0, 0.05) is 0 Å². The van der Waals surface area contributed by atoms with Gasteiger partial charge in [-0.3, -0.25) is 0 Å². The molecule has 0 amide bonds. The van der Waals surface area contributed by atoms with Gasteiger partial charge in [0.2, 0.25) is 0 Å². The van der Waals surface area contributed by atoms with Crippen LogP contribution < -0.4 is 5.32 Å². The van der Waals surface area contributed by atoms with E-state index in [0.717, 1.165) is 23.7 Å². The predicted octanol–water partition coefficient (Wildman–Crippen LogP) is 5.50. The molecule has 1 heteroatoms. The molecule has 1 nitrogen and oxygen atoms in total. The van der Waals surface area contributed by atoms with Crippen LogP contribution in [0.2, 0.25) is 0 Å². The van der Waals surface area contributed by atoms with Gasteiger partial charge < -0.3 is 5.32 Å². The first-order valence-electron chi connectivity index (χ1n) is 9.04. The lowest BCUT2D eigenvalue weighted by molar-refractivity contribution is 0.126. The molecule has 0 aromatic heterocycles. The van der Waals surface area contributed by atoms with E-state index < -0.39 is 0 Å². The van der Waals surface area contributed by atoms with E-state index in [1.54, 1.807) is 0 Å². The number of rotatable bonds is 7. The van der Waals surface area contributed by atoms with Gasteiger partial charge in [-0.05, 0) is 80.7 Å². The van der Waals surface area contributed by atoms with E-state index in [9.17, 15) is 0 Å². The van der Waals surface area contributed by atoms with E-state index in [-0.39, 0.29) is 0 Å². The van der Waals surface area contributed by atoms with Crippen LogP contribution in [0.3, 0.4) is 0 Å². The van der Waals surface area contributed by atoms with E-state index in [1.807, 2.05) is 0 Å². The van der Waals surface area contributed by atoms with Crippen molar-refractivity contribution in [2.75, 3.05) is 13.1 Å². The molecule has 120 valence electrons. The highest BCUT2D eigenvalue weighted by Crippen LogP contribution is 2.41. The average molecular weight is 282 g/mol. The molecule has 1 rings (SSSR count). The Hall–Kier alpha value is -0.0400. The molecule has 0 aromatic rings. The smallest absolute Gasteiger partial charge is 0.00179 e. The fraction of sp³-hybridized carbons (Fsp3) is 1.00. The van der Waals surface area contributed by atoms with Crippen molar-refractivity contribution in [1.82, 2.24) is 5.32 Å². The van der Waals surface area contributed by atoms with Gasteiger partial charge in [0.1, 0.15) is 0 Å². The van der Waals surface area contributed by atoms with E-state index in [4.69, 9.17) is 0 Å². The molecule has 1 aliphatic carbocycles. The number of hydrogen-bond acceptors (Lipinski definition) is 1. The zero-order chi connectivity index (χ0) is 15.2. The van der Waals surface area contributed by atoms with Gasteiger partial charge in [0.15, 0.2) is 0 Å². The van der Waals surface area contributed by atoms with Crippen molar-refractivity contribution in [3.05, 3.63) is 0 Å². The molecule has 1 aliphatic rings. The van der Waals surface area contributed by atoms with Crippen molar-refractivity contribution in [3.63, 3.8) is 0 Å². The SMILES string of the molecule is CCCNCC1CCC(C(C)C)CC1CCC(C)(C)C. The van der Waals surface area contributed by atoms with Crippen LogP contribution in [0.25, 0.3) is 0 Å². The average Bonchev–Trinajstić information content (AvgIpc) is 2.36. The maximum Gasteiger partial charge on any atom is -0.00179 e. The van der Waals surface area contributed by atoms with Gasteiger partial charge in [0.25, 0.3) is 0 Å². The Morgan fingerprint density at radius 1 is 1.10 bits per heavy atom. The lowest BCUT2D eigenvalue weighted by Crippen LogP contribution is -2.35. The second-order valence-corrected chi connectivity index (χ2v) is 8.64. The lowest BCUT2D eigenvalue weighted by atomic mass is 9.68. The molecule has 1 saturated carbocycles. The standard InChI is InChI=1S/C19H39N/c1-7-12-20-14-18-9-8-16(15(2)3)13-17(18)10-11-19(4,5)6/h15-18,20H,7-14H2,1-6H3. The van der Waals surface area contributed by atoms with Gasteiger partial charge in [-0.15, -0.1) is 0 Å². The molecule has 3 unspecified atom stereocenters. The molecule has 3 atom stereocenters. The number of nitrogens with one attached hydrogen (secondary N) is 1. The fourth-order valence-corrected chi connectivity index (χ4v) is 3.67. The third-order valence-electron chi connectivity index (χ3n) is 5.22. The summed E-state index contributed by atoms with van der Waals surface area (Å²) in [4.78, 5) is 0. The van der Waals surface area contributed by atoms with Gasteiger partial charge in [0.05, 0.1) is 0 Å². The van der Waals surface area contributed by atoms with Crippen LogP contribution in [0.15, 0.2) is 0 Å². The van der Waals surface area contributed by atoms with Gasteiger partial charge >= 0.3 is 0 Å². The normalized spacial score (nSPS) is 28.1. The van der Waals surface area contributed by atoms with E-state index in [2.05, 4.69) is 46.9 Å². The van der Waals surface area contributed by atoms with E-state index in [0.29, 0.717) is 5.41 Å². The van der Waals surface area contributed by atoms with Crippen molar-refractivity contribution in [2.45, 2.75) is 80.1 Å². The molecule has 20 heavy (non-hydrogen) atoms. The second-order valence-electron chi connectivity index (χ2n) is 8.64. The Morgan fingerprint density at radius 3 is 2.35 bits per heavy atom. The van der Waals surface area contributed by atoms with Crippen LogP contribution in [-0.4, -0.2) is 13.1 Å². The summed E-state index contributed by atoms with van der Waals surface area (Å²) in [5.41, 5.74) is 0.492. The molecule has 0 aliphatic heterocycles. The molecule has 0 heterocycles. The summed E-state index contributed by atoms with van der Waals surface area (Å²) in [5, 5.41) is 3.68. The van der Waals surface area contributed by atoms with Gasteiger partial charge in [-0.25, -0.2) is 0 Å². The zero-order valence-corrected chi connectivity index (χ0v) is 15.0. The summed E-state index contributed by atoms with van der Waals surface area (Å²) in [6.07, 6.45) is 8.47. The first kappa shape index (κ1) is 18.0. The fourth-order valence-electron chi connectivity index (χ4n) is 3.67. The Kier molecular flexibility index (Phi) is 7.58. The highest BCUT2D eigenvalue weighted by atomic mass is 14.9. The van der Waals surface area contributed by atoms with Crippen molar-refractivity contribution in [2.24, 2.45) is 29.1 Å². The topological polar surface area (TPSA) is 12.0 Å².